The third-order valence-corrected chi connectivity index (χ3v) is 2.71. The molecule has 0 heterocycles. The minimum absolute atomic E-state index is 0.0909. The lowest BCUT2D eigenvalue weighted by Gasteiger charge is -2.07. The van der Waals surface area contributed by atoms with Crippen molar-refractivity contribution in [2.24, 2.45) is 0 Å². The summed E-state index contributed by atoms with van der Waals surface area (Å²) in [4.78, 5) is 23.4. The number of benzene rings is 2. The van der Waals surface area contributed by atoms with E-state index in [2.05, 4.69) is 10.6 Å². The maximum Gasteiger partial charge on any atom is 0.252 e. The van der Waals surface area contributed by atoms with Crippen molar-refractivity contribution >= 4 is 11.8 Å². The van der Waals surface area contributed by atoms with Crippen molar-refractivity contribution < 1.29 is 18.4 Å². The third-order valence-electron chi connectivity index (χ3n) is 2.71. The van der Waals surface area contributed by atoms with E-state index in [0.29, 0.717) is 0 Å². The molecule has 0 fully saturated rings. The lowest BCUT2D eigenvalue weighted by molar-refractivity contribution is 0.0920. The second-order valence-corrected chi connectivity index (χ2v) is 4.20. The molecule has 2 aromatic carbocycles. The van der Waals surface area contributed by atoms with Crippen molar-refractivity contribution in [3.05, 3.63) is 71.3 Å². The quantitative estimate of drug-likeness (QED) is 0.847. The van der Waals surface area contributed by atoms with Crippen LogP contribution >= 0.6 is 0 Å². The van der Waals surface area contributed by atoms with Crippen LogP contribution in [0.15, 0.2) is 48.5 Å². The van der Waals surface area contributed by atoms with Gasteiger partial charge in [-0.2, -0.15) is 0 Å². The van der Waals surface area contributed by atoms with E-state index in [9.17, 15) is 18.4 Å². The molecule has 0 radical (unpaired) electrons. The van der Waals surface area contributed by atoms with Gasteiger partial charge in [0.2, 0.25) is 0 Å². The predicted octanol–water partition coefficient (Wildman–Crippen LogP) is 2.08. The molecule has 0 bridgehead atoms. The summed E-state index contributed by atoms with van der Waals surface area (Å²) in [5.41, 5.74) is 0.569. The second-order valence-electron chi connectivity index (χ2n) is 4.20. The van der Waals surface area contributed by atoms with Crippen molar-refractivity contribution in [2.75, 3.05) is 6.67 Å². The molecular formula is C15H12F2N2O2. The van der Waals surface area contributed by atoms with Crippen LogP contribution in [0.2, 0.25) is 0 Å². The molecule has 0 aromatic heterocycles. The van der Waals surface area contributed by atoms with E-state index >= 15 is 0 Å². The topological polar surface area (TPSA) is 58.2 Å². The van der Waals surface area contributed by atoms with E-state index in [1.165, 1.54) is 48.5 Å². The summed E-state index contributed by atoms with van der Waals surface area (Å²) in [6, 6.07) is 10.0. The van der Waals surface area contributed by atoms with Gasteiger partial charge in [-0.15, -0.1) is 0 Å². The van der Waals surface area contributed by atoms with Crippen molar-refractivity contribution in [3.63, 3.8) is 0 Å². The van der Waals surface area contributed by atoms with Gasteiger partial charge in [0.1, 0.15) is 11.6 Å². The highest BCUT2D eigenvalue weighted by molar-refractivity contribution is 5.96. The summed E-state index contributed by atoms with van der Waals surface area (Å²) in [5, 5.41) is 4.93. The van der Waals surface area contributed by atoms with Crippen molar-refractivity contribution in [3.8, 4) is 0 Å². The van der Waals surface area contributed by atoms with Crippen LogP contribution in [0.25, 0.3) is 0 Å². The molecule has 0 aliphatic rings. The Hall–Kier alpha value is -2.76. The molecule has 0 aliphatic heterocycles. The molecule has 21 heavy (non-hydrogen) atoms. The van der Waals surface area contributed by atoms with Crippen LogP contribution in [0.1, 0.15) is 20.7 Å². The lowest BCUT2D eigenvalue weighted by atomic mass is 10.2. The first-order valence-corrected chi connectivity index (χ1v) is 6.14. The maximum absolute atomic E-state index is 12.7. The SMILES string of the molecule is O=C(NCNC(=O)c1ccc(F)cc1)c1ccc(F)cc1. The van der Waals surface area contributed by atoms with Crippen LogP contribution in [-0.4, -0.2) is 18.5 Å². The van der Waals surface area contributed by atoms with E-state index in [-0.39, 0.29) is 17.8 Å². The van der Waals surface area contributed by atoms with Gasteiger partial charge in [0, 0.05) is 11.1 Å². The summed E-state index contributed by atoms with van der Waals surface area (Å²) in [6.45, 7) is -0.0909. The molecular weight excluding hydrogens is 278 g/mol. The number of nitrogens with one attached hydrogen (secondary N) is 2. The average Bonchev–Trinajstić information content (AvgIpc) is 2.48. The Bertz CT molecular complexity index is 582. The second kappa shape index (κ2) is 6.60. The number of carbonyl (C=O) groups excluding carboxylic acids is 2. The lowest BCUT2D eigenvalue weighted by Crippen LogP contribution is -2.37. The Labute approximate surface area is 119 Å². The first-order chi connectivity index (χ1) is 10.1. The van der Waals surface area contributed by atoms with Crippen LogP contribution in [0.5, 0.6) is 0 Å². The van der Waals surface area contributed by atoms with E-state index in [4.69, 9.17) is 0 Å². The highest BCUT2D eigenvalue weighted by Crippen LogP contribution is 2.03. The van der Waals surface area contributed by atoms with Gasteiger partial charge in [0.25, 0.3) is 11.8 Å². The van der Waals surface area contributed by atoms with E-state index < -0.39 is 23.4 Å². The first-order valence-electron chi connectivity index (χ1n) is 6.14. The van der Waals surface area contributed by atoms with Crippen LogP contribution in [0.4, 0.5) is 8.78 Å². The van der Waals surface area contributed by atoms with Gasteiger partial charge < -0.3 is 10.6 Å². The zero-order valence-electron chi connectivity index (χ0n) is 10.9. The fraction of sp³-hybridized carbons (Fsp3) is 0.0667. The fourth-order valence-electron chi connectivity index (χ4n) is 1.61. The Morgan fingerprint density at radius 3 is 1.38 bits per heavy atom. The van der Waals surface area contributed by atoms with Crippen LogP contribution in [0.3, 0.4) is 0 Å². The van der Waals surface area contributed by atoms with Gasteiger partial charge in [-0.3, -0.25) is 9.59 Å². The molecule has 0 atom stereocenters. The van der Waals surface area contributed by atoms with Gasteiger partial charge in [-0.25, -0.2) is 8.78 Å². The summed E-state index contributed by atoms with van der Waals surface area (Å²) < 4.78 is 25.4. The third kappa shape index (κ3) is 4.10. The molecule has 4 nitrogen and oxygen atoms in total. The van der Waals surface area contributed by atoms with Gasteiger partial charge in [-0.05, 0) is 48.5 Å². The Morgan fingerprint density at radius 1 is 0.714 bits per heavy atom. The summed E-state index contributed by atoms with van der Waals surface area (Å²) in [5.74, 6) is -1.74. The monoisotopic (exact) mass is 290 g/mol. The van der Waals surface area contributed by atoms with Gasteiger partial charge in [0.05, 0.1) is 6.67 Å². The summed E-state index contributed by atoms with van der Waals surface area (Å²) in [7, 11) is 0. The highest BCUT2D eigenvalue weighted by Gasteiger charge is 2.07. The van der Waals surface area contributed by atoms with Crippen molar-refractivity contribution in [1.82, 2.24) is 10.6 Å². The molecule has 0 saturated carbocycles. The molecule has 0 spiro atoms. The van der Waals surface area contributed by atoms with Crippen LogP contribution < -0.4 is 10.6 Å². The van der Waals surface area contributed by atoms with Crippen LogP contribution in [-0.2, 0) is 0 Å². The Morgan fingerprint density at radius 2 is 1.05 bits per heavy atom. The largest absolute Gasteiger partial charge is 0.335 e. The minimum atomic E-state index is -0.436. The Kier molecular flexibility index (Phi) is 4.61. The smallest absolute Gasteiger partial charge is 0.252 e. The molecule has 0 aliphatic carbocycles. The standard InChI is InChI=1S/C15H12F2N2O2/c16-12-5-1-10(2-6-12)14(20)18-9-19-15(21)11-3-7-13(17)8-4-11/h1-8H,9H2,(H,18,20)(H,19,21). The molecule has 0 saturated heterocycles. The van der Waals surface area contributed by atoms with Crippen molar-refractivity contribution in [2.45, 2.75) is 0 Å². The fourth-order valence-corrected chi connectivity index (χ4v) is 1.61. The minimum Gasteiger partial charge on any atom is -0.335 e. The molecule has 2 amide bonds. The van der Waals surface area contributed by atoms with Gasteiger partial charge in [-0.1, -0.05) is 0 Å². The molecule has 2 aromatic rings. The average molecular weight is 290 g/mol. The number of amides is 2. The number of rotatable bonds is 4. The Balaban J connectivity index is 1.83. The van der Waals surface area contributed by atoms with Crippen molar-refractivity contribution in [1.29, 1.82) is 0 Å². The normalized spacial score (nSPS) is 10.0. The van der Waals surface area contributed by atoms with E-state index in [1.54, 1.807) is 0 Å². The number of hydrogen-bond acceptors (Lipinski definition) is 2. The number of halogens is 2. The molecule has 6 heteroatoms. The first kappa shape index (κ1) is 14.6. The maximum atomic E-state index is 12.7. The van der Waals surface area contributed by atoms with E-state index in [1.807, 2.05) is 0 Å². The van der Waals surface area contributed by atoms with Crippen LogP contribution in [0, 0.1) is 11.6 Å². The predicted molar refractivity (Wildman–Crippen MR) is 72.6 cm³/mol. The van der Waals surface area contributed by atoms with E-state index in [0.717, 1.165) is 0 Å². The number of carbonyl (C=O) groups is 2. The molecule has 0 unspecified atom stereocenters. The van der Waals surface area contributed by atoms with Gasteiger partial charge >= 0.3 is 0 Å². The summed E-state index contributed by atoms with van der Waals surface area (Å²) in [6.07, 6.45) is 0. The number of hydrogen-bond donors (Lipinski definition) is 2. The zero-order chi connectivity index (χ0) is 15.2. The molecule has 108 valence electrons. The molecule has 2 rings (SSSR count). The molecule has 2 N–H and O–H groups in total. The zero-order valence-corrected chi connectivity index (χ0v) is 10.9. The van der Waals surface area contributed by atoms with Gasteiger partial charge in [0.15, 0.2) is 0 Å². The highest BCUT2D eigenvalue weighted by atomic mass is 19.1. The summed E-state index contributed by atoms with van der Waals surface area (Å²) >= 11 is 0.